The van der Waals surface area contributed by atoms with Crippen molar-refractivity contribution < 1.29 is 110 Å². The number of aryl methyl sites for hydroxylation is 2. The number of halogens is 1. The number of fused-ring (bicyclic) bond motifs is 4. The SMILES string of the molecule is CC(C)(C)S(N)=O.CCc1cc(OC)ccn1.COc1ccn2cnc(C=O)c2c1.COc1ccn2cnc(CN)c2c1.COc1ccn2cncc2c1.COc1ccnc(CCC=O)c1.COc1ccnc(CN(C=O)C=O)c1.COc1ccnc(CO)c1.Cl.O=C[N-]C=O.[B]N(Cc1ncn2ccc(OC)cc12)S(=O)C(C)(C)C.[Na+]. The third-order valence-corrected chi connectivity index (χ3v) is 17.7. The van der Waals surface area contributed by atoms with E-state index in [-0.39, 0.29) is 72.7 Å². The van der Waals surface area contributed by atoms with Crippen LogP contribution in [0.2, 0.25) is 0 Å². The summed E-state index contributed by atoms with van der Waals surface area (Å²) < 4.78 is 71.0. The molecule has 12 rings (SSSR count). The summed E-state index contributed by atoms with van der Waals surface area (Å²) >= 11 is 0. The van der Waals surface area contributed by atoms with Crippen molar-refractivity contribution in [2.24, 2.45) is 10.9 Å². The van der Waals surface area contributed by atoms with Crippen molar-refractivity contribution in [3.8, 4) is 46.0 Å². The molecule has 0 bridgehead atoms. The smallest absolute Gasteiger partial charge is 0.602 e. The molecule has 0 saturated heterocycles. The van der Waals surface area contributed by atoms with Crippen LogP contribution in [0, 0.1) is 0 Å². The first-order chi connectivity index (χ1) is 55.2. The van der Waals surface area contributed by atoms with Gasteiger partial charge in [0.2, 0.25) is 20.8 Å². The Morgan fingerprint density at radius 3 is 1.30 bits per heavy atom. The predicted molar refractivity (Wildman–Crippen MR) is 445 cm³/mol. The maximum absolute atomic E-state index is 12.2. The van der Waals surface area contributed by atoms with E-state index in [1.54, 1.807) is 153 Å². The van der Waals surface area contributed by atoms with Gasteiger partial charge in [-0.15, -0.1) is 12.4 Å². The number of imide groups is 2. The Hall–Kier alpha value is -11.1. The van der Waals surface area contributed by atoms with Gasteiger partial charge in [0.25, 0.3) is 0 Å². The Bertz CT molecular complexity index is 4860. The Labute approximate surface area is 714 Å². The van der Waals surface area contributed by atoms with E-state index in [2.05, 4.69) is 52.1 Å². The normalized spacial score (nSPS) is 10.6. The number of hydrogen-bond acceptors (Lipinski definition) is 26. The van der Waals surface area contributed by atoms with Crippen molar-refractivity contribution >= 4 is 103 Å². The van der Waals surface area contributed by atoms with Gasteiger partial charge in [-0.2, -0.15) is 0 Å². The van der Waals surface area contributed by atoms with Crippen molar-refractivity contribution in [3.63, 3.8) is 0 Å². The van der Waals surface area contributed by atoms with Crippen molar-refractivity contribution in [2.45, 2.75) is 103 Å². The van der Waals surface area contributed by atoms with Crippen LogP contribution in [0.3, 0.4) is 0 Å². The molecule has 622 valence electrons. The maximum Gasteiger partial charge on any atom is 1.00 e. The average Bonchev–Trinajstić information content (AvgIpc) is 1.68. The number of aliphatic hydroxyl groups is 1. The molecule has 34 nitrogen and oxygen atoms in total. The number of nitrogens with zero attached hydrogens (tertiary/aromatic N) is 15. The van der Waals surface area contributed by atoms with Crippen LogP contribution in [0.1, 0.15) is 99.5 Å². The van der Waals surface area contributed by atoms with Crippen LogP contribution in [-0.2, 0) is 85.0 Å². The zero-order valence-electron chi connectivity index (χ0n) is 68.3. The second kappa shape index (κ2) is 57.0. The summed E-state index contributed by atoms with van der Waals surface area (Å²) in [6.45, 7) is 14.1. The molecular formula is C78H100BClN17NaO17S2. The van der Waals surface area contributed by atoms with E-state index in [1.165, 1.54) is 11.3 Å². The number of aromatic nitrogens is 12. The standard InChI is InChI=1S/C13H18BN3O2S.C9H11N3O.C9H10N2O3.C9H8N2O2.C9H11NO2.C8H8N2O.C8H11NO.C7H9NO2.C4H11NOS.C2H3NO2.ClH.Na/c1-13(2,3)20(18)17(14)8-11-12-7-10(19-4)5-6-16(12)9-15-11;1-13-7-2-3-12-6-11-8(5-10)9(12)4-7;1-14-9-2-3-10-8(4-9)5-11(6-12)7-13;1-13-7-2-3-11-6-10-8(5-12)9(11)4-7;1-12-9-4-5-10-8(7-9)3-2-6-11;1-11-8-2-3-10-6-9-5-7(10)4-8;1-3-7-6-8(10-2)4-5-9-7;1-10-7-2-3-8-6(4-7)5-9;1-4(2,3)7(5)6;4-1-3-2-5;;/h5-7,9H,8H2,1-4H3;2-4,6H,5,10H2,1H3;2-4,6-7H,5H2,1H3;2-6H,1H3;4-7H,2-3H2,1H3;2-6H,1H3;4-6H,3H2,1-2H3;2-4,9H,5H2,1H3;5H2,1-3H3;1-2H,(H,3,4,5);1H;/q;;;;;;;;;;;+1/p-1. The number of carbonyl (C=O) groups excluding carboxylic acids is 6. The third kappa shape index (κ3) is 37.6. The monoisotopic (exact) mass is 1680 g/mol. The minimum atomic E-state index is -1.29. The molecular weight excluding hydrogens is 1580 g/mol. The largest absolute Gasteiger partial charge is 1.00 e. The fraction of sp³-hybridized carbons (Fsp3) is 0.308. The summed E-state index contributed by atoms with van der Waals surface area (Å²) in [5.41, 5.74) is 14.5. The molecule has 0 aliphatic rings. The molecule has 0 saturated carbocycles. The number of ether oxygens (including phenoxy) is 8. The molecule has 0 aromatic carbocycles. The molecule has 0 aliphatic carbocycles. The Morgan fingerprint density at radius 1 is 0.504 bits per heavy atom. The number of amides is 4. The molecule has 2 atom stereocenters. The quantitative estimate of drug-likeness (QED) is 0.0450. The molecule has 0 aliphatic heterocycles. The molecule has 12 aromatic rings. The van der Waals surface area contributed by atoms with Gasteiger partial charge >= 0.3 is 29.6 Å². The van der Waals surface area contributed by atoms with E-state index in [0.717, 1.165) is 109 Å². The predicted octanol–water partition coefficient (Wildman–Crippen LogP) is 6.16. The first-order valence-corrected chi connectivity index (χ1v) is 36.9. The van der Waals surface area contributed by atoms with Crippen LogP contribution < -0.4 is 78.3 Å². The van der Waals surface area contributed by atoms with E-state index in [9.17, 15) is 27.6 Å². The van der Waals surface area contributed by atoms with E-state index >= 15 is 0 Å². The molecule has 117 heavy (non-hydrogen) atoms. The summed E-state index contributed by atoms with van der Waals surface area (Å²) in [7, 11) is 16.3. The molecule has 12 aromatic heterocycles. The summed E-state index contributed by atoms with van der Waals surface area (Å²) in [6.07, 6.45) is 27.7. The zero-order valence-corrected chi connectivity index (χ0v) is 72.8. The fourth-order valence-electron chi connectivity index (χ4n) is 8.72. The Balaban J connectivity index is 0.000000659. The first-order valence-electron chi connectivity index (χ1n) is 34.6. The molecule has 2 unspecified atom stereocenters. The van der Waals surface area contributed by atoms with Gasteiger partial charge in [0.15, 0.2) is 6.29 Å². The second-order valence-corrected chi connectivity index (χ2v) is 28.8. The van der Waals surface area contributed by atoms with Crippen molar-refractivity contribution in [3.05, 3.63) is 223 Å². The van der Waals surface area contributed by atoms with Gasteiger partial charge in [-0.1, -0.05) is 6.92 Å². The Kier molecular flexibility index (Phi) is 50.6. The van der Waals surface area contributed by atoms with E-state index in [1.807, 2.05) is 134 Å². The number of aldehydes is 2. The van der Waals surface area contributed by atoms with Gasteiger partial charge < -0.3 is 86.0 Å². The van der Waals surface area contributed by atoms with Gasteiger partial charge in [0.1, 0.15) is 64.3 Å². The van der Waals surface area contributed by atoms with Crippen molar-refractivity contribution in [1.82, 2.24) is 66.6 Å². The van der Waals surface area contributed by atoms with Crippen LogP contribution in [0.4, 0.5) is 0 Å². The molecule has 2 radical (unpaired) electrons. The number of pyridine rings is 8. The van der Waals surface area contributed by atoms with Crippen LogP contribution >= 0.6 is 12.4 Å². The molecule has 0 spiro atoms. The number of hydrogen-bond donors (Lipinski definition) is 3. The average molecular weight is 1680 g/mol. The van der Waals surface area contributed by atoms with Crippen LogP contribution in [0.25, 0.3) is 27.4 Å². The number of nitrogens with two attached hydrogens (primary N) is 2. The second-order valence-electron chi connectivity index (χ2n) is 24.8. The number of carbonyl (C=O) groups is 6. The van der Waals surface area contributed by atoms with Gasteiger partial charge in [0.05, 0.1) is 172 Å². The number of methoxy groups -OCH3 is 8. The summed E-state index contributed by atoms with van der Waals surface area (Å²) in [5.74, 6) is 6.18. The number of rotatable bonds is 24. The minimum absolute atomic E-state index is 0. The van der Waals surface area contributed by atoms with Crippen LogP contribution in [0.5, 0.6) is 46.0 Å². The fourth-order valence-corrected chi connectivity index (χ4v) is 9.66. The van der Waals surface area contributed by atoms with Gasteiger partial charge in [-0.3, -0.25) is 48.6 Å². The maximum atomic E-state index is 12.2. The molecule has 0 fully saturated rings. The van der Waals surface area contributed by atoms with Gasteiger partial charge in [0, 0.05) is 142 Å². The van der Waals surface area contributed by atoms with Crippen molar-refractivity contribution in [2.75, 3.05) is 56.9 Å². The number of aliphatic hydroxyl groups excluding tert-OH is 1. The number of imidazole rings is 4. The van der Waals surface area contributed by atoms with Crippen LogP contribution in [0.15, 0.2) is 178 Å². The van der Waals surface area contributed by atoms with Gasteiger partial charge in [-0.05, 0) is 103 Å². The third-order valence-electron chi connectivity index (χ3n) is 14.9. The van der Waals surface area contributed by atoms with Crippen LogP contribution in [-0.4, -0.2) is 193 Å². The zero-order chi connectivity index (χ0) is 85.3. The van der Waals surface area contributed by atoms with E-state index in [4.69, 9.17) is 71.4 Å². The van der Waals surface area contributed by atoms with E-state index in [0.29, 0.717) is 61.6 Å². The molecule has 12 heterocycles. The van der Waals surface area contributed by atoms with Crippen molar-refractivity contribution in [1.29, 1.82) is 0 Å². The molecule has 4 amide bonds. The summed E-state index contributed by atoms with van der Waals surface area (Å²) in [6, 6.07) is 29.2. The first kappa shape index (κ1) is 104. The molecule has 39 heteroatoms. The minimum Gasteiger partial charge on any atom is -0.602 e. The van der Waals surface area contributed by atoms with Gasteiger partial charge in [-0.25, -0.2) is 28.4 Å². The molecule has 5 N–H and O–H groups in total. The summed E-state index contributed by atoms with van der Waals surface area (Å²) in [5, 5.41) is 16.3. The van der Waals surface area contributed by atoms with E-state index < -0.39 is 26.7 Å². The Morgan fingerprint density at radius 2 is 0.889 bits per heavy atom. The summed E-state index contributed by atoms with van der Waals surface area (Å²) in [4.78, 5) is 92.8. The topological polar surface area (TPSA) is 424 Å².